The molecule has 1 fully saturated rings. The predicted molar refractivity (Wildman–Crippen MR) is 53.8 cm³/mol. The topological polar surface area (TPSA) is 61.9 Å². The molecule has 0 aliphatic heterocycles. The van der Waals surface area contributed by atoms with Gasteiger partial charge in [0.1, 0.15) is 6.33 Å². The lowest BCUT2D eigenvalue weighted by Crippen LogP contribution is -2.34. The zero-order valence-corrected chi connectivity index (χ0v) is 8.31. The smallest absolute Gasteiger partial charge is 0.291 e. The summed E-state index contributed by atoms with van der Waals surface area (Å²) >= 11 is 0. The van der Waals surface area contributed by atoms with Crippen LogP contribution in [0.4, 0.5) is 0 Å². The van der Waals surface area contributed by atoms with Gasteiger partial charge in [-0.2, -0.15) is 5.10 Å². The highest BCUT2D eigenvalue weighted by atomic mass is 16.2. The van der Waals surface area contributed by atoms with Crippen LogP contribution in [-0.2, 0) is 0 Å². The lowest BCUT2D eigenvalue weighted by atomic mass is 10.3. The van der Waals surface area contributed by atoms with Crippen LogP contribution in [0.2, 0.25) is 0 Å². The van der Waals surface area contributed by atoms with Crippen molar-refractivity contribution in [2.24, 2.45) is 5.92 Å². The third-order valence-electron chi connectivity index (χ3n) is 2.36. The van der Waals surface area contributed by atoms with Crippen LogP contribution in [0.5, 0.6) is 0 Å². The van der Waals surface area contributed by atoms with Gasteiger partial charge in [-0.15, -0.1) is 6.42 Å². The third-order valence-corrected chi connectivity index (χ3v) is 2.36. The van der Waals surface area contributed by atoms with Gasteiger partial charge in [0.05, 0.1) is 6.54 Å². The number of nitrogens with one attached hydrogen (secondary N) is 1. The van der Waals surface area contributed by atoms with Crippen LogP contribution in [0, 0.1) is 18.3 Å². The number of carbonyl (C=O) groups excluding carboxylic acids is 1. The van der Waals surface area contributed by atoms with Gasteiger partial charge in [0.15, 0.2) is 0 Å². The van der Waals surface area contributed by atoms with Gasteiger partial charge >= 0.3 is 0 Å². The first-order valence-corrected chi connectivity index (χ1v) is 4.89. The van der Waals surface area contributed by atoms with Crippen molar-refractivity contribution in [1.29, 1.82) is 0 Å². The Kier molecular flexibility index (Phi) is 2.68. The molecule has 0 spiro atoms. The van der Waals surface area contributed by atoms with Crippen LogP contribution in [-0.4, -0.2) is 39.1 Å². The normalized spacial score (nSPS) is 14.6. The summed E-state index contributed by atoms with van der Waals surface area (Å²) in [5.41, 5.74) is 0. The van der Waals surface area contributed by atoms with E-state index in [2.05, 4.69) is 21.1 Å². The van der Waals surface area contributed by atoms with Crippen molar-refractivity contribution in [3.8, 4) is 12.3 Å². The SMILES string of the molecule is C#CCN(CC1CC1)C(=O)c1ncn[nH]1. The molecule has 5 heteroatoms. The lowest BCUT2D eigenvalue weighted by molar-refractivity contribution is 0.0758. The molecule has 0 radical (unpaired) electrons. The largest absolute Gasteiger partial charge is 0.325 e. The quantitative estimate of drug-likeness (QED) is 0.717. The molecule has 1 aliphatic rings. The first-order valence-electron chi connectivity index (χ1n) is 4.89. The van der Waals surface area contributed by atoms with E-state index in [0.717, 1.165) is 6.54 Å². The number of aromatic amines is 1. The molecule has 1 heterocycles. The highest BCUT2D eigenvalue weighted by Crippen LogP contribution is 2.29. The number of aromatic nitrogens is 3. The number of terminal acetylenes is 1. The minimum atomic E-state index is -0.169. The Balaban J connectivity index is 2.03. The summed E-state index contributed by atoms with van der Waals surface area (Å²) < 4.78 is 0. The summed E-state index contributed by atoms with van der Waals surface area (Å²) in [4.78, 5) is 17.3. The average Bonchev–Trinajstić information content (AvgIpc) is 2.88. The summed E-state index contributed by atoms with van der Waals surface area (Å²) in [5.74, 6) is 3.19. The van der Waals surface area contributed by atoms with Crippen LogP contribution in [0.25, 0.3) is 0 Å². The molecule has 1 saturated carbocycles. The molecule has 1 N–H and O–H groups in total. The van der Waals surface area contributed by atoms with Gasteiger partial charge in [-0.05, 0) is 18.8 Å². The van der Waals surface area contributed by atoms with Crippen LogP contribution in [0.3, 0.4) is 0 Å². The summed E-state index contributed by atoms with van der Waals surface area (Å²) in [6, 6.07) is 0. The summed E-state index contributed by atoms with van der Waals surface area (Å²) in [6.45, 7) is 1.06. The first kappa shape index (κ1) is 9.71. The highest BCUT2D eigenvalue weighted by Gasteiger charge is 2.27. The molecule has 0 unspecified atom stereocenters. The van der Waals surface area contributed by atoms with E-state index in [9.17, 15) is 4.79 Å². The van der Waals surface area contributed by atoms with E-state index in [1.54, 1.807) is 4.90 Å². The molecule has 5 nitrogen and oxygen atoms in total. The molecule has 0 bridgehead atoms. The van der Waals surface area contributed by atoms with Crippen LogP contribution in [0.1, 0.15) is 23.5 Å². The molecule has 1 aliphatic carbocycles. The summed E-state index contributed by atoms with van der Waals surface area (Å²) in [5, 5.41) is 6.19. The lowest BCUT2D eigenvalue weighted by Gasteiger charge is -2.18. The molecule has 78 valence electrons. The fourth-order valence-electron chi connectivity index (χ4n) is 1.40. The number of hydrogen-bond acceptors (Lipinski definition) is 3. The number of carbonyl (C=O) groups is 1. The van der Waals surface area contributed by atoms with Gasteiger partial charge in [-0.1, -0.05) is 5.92 Å². The van der Waals surface area contributed by atoms with E-state index in [0.29, 0.717) is 12.5 Å². The second kappa shape index (κ2) is 4.13. The Morgan fingerprint density at radius 2 is 2.53 bits per heavy atom. The molecule has 1 aromatic heterocycles. The maximum absolute atomic E-state index is 11.9. The second-order valence-electron chi connectivity index (χ2n) is 3.67. The van der Waals surface area contributed by atoms with Gasteiger partial charge in [0, 0.05) is 6.54 Å². The van der Waals surface area contributed by atoms with Crippen molar-refractivity contribution < 1.29 is 4.79 Å². The van der Waals surface area contributed by atoms with Gasteiger partial charge in [0.2, 0.25) is 5.82 Å². The average molecular weight is 204 g/mol. The number of rotatable bonds is 4. The number of H-pyrrole nitrogens is 1. The molecule has 0 atom stereocenters. The fraction of sp³-hybridized carbons (Fsp3) is 0.500. The van der Waals surface area contributed by atoms with Crippen LogP contribution >= 0.6 is 0 Å². The van der Waals surface area contributed by atoms with E-state index in [4.69, 9.17) is 6.42 Å². The Morgan fingerprint density at radius 3 is 3.07 bits per heavy atom. The maximum atomic E-state index is 11.9. The number of hydrogen-bond donors (Lipinski definition) is 1. The zero-order valence-electron chi connectivity index (χ0n) is 8.31. The maximum Gasteiger partial charge on any atom is 0.291 e. The molecule has 2 rings (SSSR count). The van der Waals surface area contributed by atoms with Gasteiger partial charge in [-0.25, -0.2) is 4.98 Å². The van der Waals surface area contributed by atoms with Crippen LogP contribution in [0.15, 0.2) is 6.33 Å². The Morgan fingerprint density at radius 1 is 1.73 bits per heavy atom. The fourth-order valence-corrected chi connectivity index (χ4v) is 1.40. The molecular formula is C10H12N4O. The molecule has 0 aromatic carbocycles. The van der Waals surface area contributed by atoms with Crippen molar-refractivity contribution in [1.82, 2.24) is 20.1 Å². The van der Waals surface area contributed by atoms with Crippen molar-refractivity contribution in [3.63, 3.8) is 0 Å². The van der Waals surface area contributed by atoms with Gasteiger partial charge < -0.3 is 4.90 Å². The standard InChI is InChI=1S/C10H12N4O/c1-2-5-14(6-8-3-4-8)10(15)9-11-7-12-13-9/h1,7-8H,3-6H2,(H,11,12,13). The van der Waals surface area contributed by atoms with E-state index in [1.165, 1.54) is 19.2 Å². The van der Waals surface area contributed by atoms with E-state index in [-0.39, 0.29) is 11.7 Å². The minimum absolute atomic E-state index is 0.169. The third kappa shape index (κ3) is 2.34. The molecule has 0 saturated heterocycles. The van der Waals surface area contributed by atoms with Crippen molar-refractivity contribution in [3.05, 3.63) is 12.2 Å². The Hall–Kier alpha value is -1.83. The van der Waals surface area contributed by atoms with Gasteiger partial charge in [-0.3, -0.25) is 9.89 Å². The number of amides is 1. The highest BCUT2D eigenvalue weighted by molar-refractivity contribution is 5.90. The van der Waals surface area contributed by atoms with Crippen LogP contribution < -0.4 is 0 Å². The monoisotopic (exact) mass is 204 g/mol. The summed E-state index contributed by atoms with van der Waals surface area (Å²) in [6.07, 6.45) is 8.92. The molecule has 15 heavy (non-hydrogen) atoms. The van der Waals surface area contributed by atoms with E-state index in [1.807, 2.05) is 0 Å². The minimum Gasteiger partial charge on any atom is -0.325 e. The second-order valence-corrected chi connectivity index (χ2v) is 3.67. The number of nitrogens with zero attached hydrogens (tertiary/aromatic N) is 3. The molecule has 1 aromatic rings. The Bertz CT molecular complexity index is 375. The van der Waals surface area contributed by atoms with Crippen molar-refractivity contribution in [2.75, 3.05) is 13.1 Å². The summed E-state index contributed by atoms with van der Waals surface area (Å²) in [7, 11) is 0. The van der Waals surface area contributed by atoms with Crippen molar-refractivity contribution in [2.45, 2.75) is 12.8 Å². The zero-order chi connectivity index (χ0) is 10.7. The molecule has 1 amide bonds. The van der Waals surface area contributed by atoms with E-state index >= 15 is 0 Å². The van der Waals surface area contributed by atoms with E-state index < -0.39 is 0 Å². The van der Waals surface area contributed by atoms with Crippen molar-refractivity contribution >= 4 is 5.91 Å². The van der Waals surface area contributed by atoms with Gasteiger partial charge in [0.25, 0.3) is 5.91 Å². The first-order chi connectivity index (χ1) is 7.31. The predicted octanol–water partition coefficient (Wildman–Crippen LogP) is 0.290. The molecular weight excluding hydrogens is 192 g/mol. The Labute approximate surface area is 87.9 Å².